The summed E-state index contributed by atoms with van der Waals surface area (Å²) in [5.74, 6) is -0.343. The largest absolute Gasteiger partial charge is 0.464 e. The van der Waals surface area contributed by atoms with Crippen LogP contribution in [0.4, 0.5) is 13.2 Å². The van der Waals surface area contributed by atoms with Crippen LogP contribution in [0.2, 0.25) is 5.02 Å². The topological polar surface area (TPSA) is 38.3 Å². The Morgan fingerprint density at radius 3 is 2.52 bits per heavy atom. The van der Waals surface area contributed by atoms with Crippen molar-refractivity contribution in [1.29, 1.82) is 0 Å². The van der Waals surface area contributed by atoms with Crippen molar-refractivity contribution in [2.24, 2.45) is 0 Å². The molecule has 0 aliphatic heterocycles. The minimum atomic E-state index is -4.34. The van der Waals surface area contributed by atoms with Gasteiger partial charge in [0, 0.05) is 17.6 Å². The molecule has 1 atom stereocenters. The fourth-order valence-corrected chi connectivity index (χ4v) is 2.72. The third-order valence-electron chi connectivity index (χ3n) is 3.92. The quantitative estimate of drug-likeness (QED) is 0.518. The van der Waals surface area contributed by atoms with Crippen molar-refractivity contribution in [3.05, 3.63) is 70.2 Å². The van der Waals surface area contributed by atoms with E-state index in [0.29, 0.717) is 23.6 Å². The third kappa shape index (κ3) is 7.61. The number of ether oxygens (including phenoxy) is 1. The molecule has 0 saturated carbocycles. The first-order valence-electron chi connectivity index (χ1n) is 8.53. The van der Waals surface area contributed by atoms with E-state index in [-0.39, 0.29) is 25.0 Å². The van der Waals surface area contributed by atoms with Crippen molar-refractivity contribution in [3.8, 4) is 0 Å². The van der Waals surface area contributed by atoms with E-state index < -0.39 is 11.7 Å². The molecule has 146 valence electrons. The number of rotatable bonds is 8. The Hall–Kier alpha value is -2.05. The van der Waals surface area contributed by atoms with Crippen LogP contribution in [0.3, 0.4) is 0 Å². The highest BCUT2D eigenvalue weighted by Gasteiger charge is 2.30. The summed E-state index contributed by atoms with van der Waals surface area (Å²) < 4.78 is 43.4. The maximum atomic E-state index is 12.7. The van der Waals surface area contributed by atoms with Crippen molar-refractivity contribution in [1.82, 2.24) is 5.32 Å². The van der Waals surface area contributed by atoms with Gasteiger partial charge in [-0.2, -0.15) is 13.2 Å². The Labute approximate surface area is 161 Å². The van der Waals surface area contributed by atoms with Gasteiger partial charge < -0.3 is 10.1 Å². The van der Waals surface area contributed by atoms with Crippen LogP contribution < -0.4 is 5.32 Å². The molecule has 1 N–H and O–H groups in total. The van der Waals surface area contributed by atoms with Crippen LogP contribution in [0.15, 0.2) is 48.5 Å². The highest BCUT2D eigenvalue weighted by atomic mass is 35.5. The zero-order valence-electron chi connectivity index (χ0n) is 14.9. The SMILES string of the molecule is CC(Cc1cccc(C(F)(F)F)c1)NCCOC(=O)Cc1ccc(Cl)cc1. The standard InChI is InChI=1S/C20H21ClF3NO2/c1-14(11-16-3-2-4-17(12-16)20(22,23)24)25-9-10-27-19(26)13-15-5-7-18(21)8-6-15/h2-8,12,14,25H,9-11,13H2,1H3. The molecule has 0 radical (unpaired) electrons. The lowest BCUT2D eigenvalue weighted by molar-refractivity contribution is -0.142. The number of carbonyl (C=O) groups excluding carboxylic acids is 1. The summed E-state index contributed by atoms with van der Waals surface area (Å²) in [4.78, 5) is 11.8. The van der Waals surface area contributed by atoms with Crippen LogP contribution in [0, 0.1) is 0 Å². The van der Waals surface area contributed by atoms with Gasteiger partial charge in [0.25, 0.3) is 0 Å². The van der Waals surface area contributed by atoms with Gasteiger partial charge in [0.1, 0.15) is 6.61 Å². The molecule has 0 amide bonds. The molecule has 0 aliphatic rings. The zero-order valence-corrected chi connectivity index (χ0v) is 15.6. The summed E-state index contributed by atoms with van der Waals surface area (Å²) >= 11 is 5.79. The van der Waals surface area contributed by atoms with Crippen molar-refractivity contribution < 1.29 is 22.7 Å². The number of alkyl halides is 3. The van der Waals surface area contributed by atoms with Gasteiger partial charge >= 0.3 is 12.1 Å². The molecule has 0 saturated heterocycles. The molecule has 0 heterocycles. The van der Waals surface area contributed by atoms with E-state index in [1.165, 1.54) is 6.07 Å². The molecule has 0 spiro atoms. The summed E-state index contributed by atoms with van der Waals surface area (Å²) in [5.41, 5.74) is 0.767. The lowest BCUT2D eigenvalue weighted by Crippen LogP contribution is -2.32. The van der Waals surface area contributed by atoms with Crippen LogP contribution in [-0.4, -0.2) is 25.2 Å². The monoisotopic (exact) mass is 399 g/mol. The first-order valence-corrected chi connectivity index (χ1v) is 8.91. The van der Waals surface area contributed by atoms with Gasteiger partial charge in [-0.1, -0.05) is 41.9 Å². The zero-order chi connectivity index (χ0) is 19.9. The molecule has 0 aromatic heterocycles. The minimum absolute atomic E-state index is 0.0524. The van der Waals surface area contributed by atoms with E-state index in [0.717, 1.165) is 17.7 Å². The molecule has 0 bridgehead atoms. The van der Waals surface area contributed by atoms with Gasteiger partial charge in [0.15, 0.2) is 0 Å². The van der Waals surface area contributed by atoms with Gasteiger partial charge in [-0.05, 0) is 42.7 Å². The number of carbonyl (C=O) groups is 1. The number of esters is 1. The molecule has 7 heteroatoms. The second-order valence-electron chi connectivity index (χ2n) is 6.28. The molecular weight excluding hydrogens is 379 g/mol. The van der Waals surface area contributed by atoms with E-state index in [9.17, 15) is 18.0 Å². The number of hydrogen-bond donors (Lipinski definition) is 1. The Balaban J connectivity index is 1.69. The minimum Gasteiger partial charge on any atom is -0.464 e. The van der Waals surface area contributed by atoms with Crippen LogP contribution in [0.5, 0.6) is 0 Å². The Morgan fingerprint density at radius 1 is 1.15 bits per heavy atom. The Bertz CT molecular complexity index is 748. The van der Waals surface area contributed by atoms with Gasteiger partial charge in [0.05, 0.1) is 12.0 Å². The molecule has 2 aromatic rings. The predicted octanol–water partition coefficient (Wildman–Crippen LogP) is 4.67. The molecular formula is C20H21ClF3NO2. The van der Waals surface area contributed by atoms with Crippen LogP contribution in [-0.2, 0) is 28.5 Å². The summed E-state index contributed by atoms with van der Waals surface area (Å²) in [6, 6.07) is 12.2. The van der Waals surface area contributed by atoms with E-state index in [2.05, 4.69) is 5.32 Å². The summed E-state index contributed by atoms with van der Waals surface area (Å²) in [6.07, 6.45) is -3.73. The molecule has 27 heavy (non-hydrogen) atoms. The van der Waals surface area contributed by atoms with Crippen molar-refractivity contribution in [2.45, 2.75) is 32.0 Å². The maximum Gasteiger partial charge on any atom is 0.416 e. The number of nitrogens with one attached hydrogen (secondary N) is 1. The van der Waals surface area contributed by atoms with Crippen LogP contribution >= 0.6 is 11.6 Å². The fourth-order valence-electron chi connectivity index (χ4n) is 2.59. The Morgan fingerprint density at radius 2 is 1.85 bits per heavy atom. The first kappa shape index (κ1) is 21.3. The normalized spacial score (nSPS) is 12.6. The van der Waals surface area contributed by atoms with Crippen molar-refractivity contribution >= 4 is 17.6 Å². The lowest BCUT2D eigenvalue weighted by Gasteiger charge is -2.15. The fraction of sp³-hybridized carbons (Fsp3) is 0.350. The van der Waals surface area contributed by atoms with Gasteiger partial charge in [-0.3, -0.25) is 4.79 Å². The van der Waals surface area contributed by atoms with E-state index in [1.54, 1.807) is 30.3 Å². The molecule has 2 rings (SSSR count). The second-order valence-corrected chi connectivity index (χ2v) is 6.72. The number of hydrogen-bond acceptors (Lipinski definition) is 3. The van der Waals surface area contributed by atoms with Gasteiger partial charge in [-0.15, -0.1) is 0 Å². The van der Waals surface area contributed by atoms with E-state index in [4.69, 9.17) is 16.3 Å². The first-order chi connectivity index (χ1) is 12.7. The van der Waals surface area contributed by atoms with Gasteiger partial charge in [-0.25, -0.2) is 0 Å². The number of benzene rings is 2. The molecule has 0 aliphatic carbocycles. The molecule has 3 nitrogen and oxygen atoms in total. The predicted molar refractivity (Wildman–Crippen MR) is 98.7 cm³/mol. The van der Waals surface area contributed by atoms with E-state index in [1.807, 2.05) is 6.92 Å². The smallest absolute Gasteiger partial charge is 0.416 e. The highest BCUT2D eigenvalue weighted by molar-refractivity contribution is 6.30. The third-order valence-corrected chi connectivity index (χ3v) is 4.17. The lowest BCUT2D eigenvalue weighted by atomic mass is 10.0. The van der Waals surface area contributed by atoms with Crippen LogP contribution in [0.1, 0.15) is 23.6 Å². The van der Waals surface area contributed by atoms with Gasteiger partial charge in [0.2, 0.25) is 0 Å². The highest BCUT2D eigenvalue weighted by Crippen LogP contribution is 2.29. The summed E-state index contributed by atoms with van der Waals surface area (Å²) in [5, 5.41) is 3.74. The second kappa shape index (κ2) is 9.76. The molecule has 2 aromatic carbocycles. The van der Waals surface area contributed by atoms with Crippen LogP contribution in [0.25, 0.3) is 0 Å². The van der Waals surface area contributed by atoms with Crippen molar-refractivity contribution in [2.75, 3.05) is 13.2 Å². The average molecular weight is 400 g/mol. The maximum absolute atomic E-state index is 12.7. The van der Waals surface area contributed by atoms with E-state index >= 15 is 0 Å². The Kier molecular flexibility index (Phi) is 7.68. The molecule has 1 unspecified atom stereocenters. The average Bonchev–Trinajstić information content (AvgIpc) is 2.60. The van der Waals surface area contributed by atoms with Crippen molar-refractivity contribution in [3.63, 3.8) is 0 Å². The summed E-state index contributed by atoms with van der Waals surface area (Å²) in [6.45, 7) is 2.49. The number of halogens is 4. The molecule has 0 fully saturated rings. The summed E-state index contributed by atoms with van der Waals surface area (Å²) in [7, 11) is 0.